The zero-order valence-corrected chi connectivity index (χ0v) is 11.5. The van der Waals surface area contributed by atoms with Crippen LogP contribution >= 0.6 is 11.6 Å². The van der Waals surface area contributed by atoms with Gasteiger partial charge in [-0.05, 0) is 16.7 Å². The van der Waals surface area contributed by atoms with Gasteiger partial charge >= 0.3 is 11.9 Å². The van der Waals surface area contributed by atoms with Crippen LogP contribution in [0.5, 0.6) is 0 Å². The van der Waals surface area contributed by atoms with E-state index < -0.39 is 11.9 Å². The third kappa shape index (κ3) is 3.76. The summed E-state index contributed by atoms with van der Waals surface area (Å²) in [6.45, 7) is 0. The highest BCUT2D eigenvalue weighted by molar-refractivity contribution is 6.32. The number of benzene rings is 1. The number of carboxylic acid groups (broad SMARTS) is 2. The summed E-state index contributed by atoms with van der Waals surface area (Å²) in [6, 6.07) is 4.87. The number of hydrogen-bond donors (Lipinski definition) is 2. The van der Waals surface area contributed by atoms with Gasteiger partial charge in [0.25, 0.3) is 0 Å². The van der Waals surface area contributed by atoms with Gasteiger partial charge in [-0.1, -0.05) is 29.8 Å². The van der Waals surface area contributed by atoms with Gasteiger partial charge in [0.2, 0.25) is 0 Å². The first kappa shape index (κ1) is 14.9. The Kier molecular flexibility index (Phi) is 4.49. The molecule has 2 aromatic rings. The van der Waals surface area contributed by atoms with E-state index in [0.29, 0.717) is 22.3 Å². The lowest BCUT2D eigenvalue weighted by atomic mass is 9.97. The Balaban J connectivity index is 2.48. The minimum absolute atomic E-state index is 0.234. The van der Waals surface area contributed by atoms with E-state index >= 15 is 0 Å². The highest BCUT2D eigenvalue weighted by atomic mass is 35.5. The quantitative estimate of drug-likeness (QED) is 0.820. The molecule has 0 aliphatic heterocycles. The Bertz CT molecular complexity index is 703. The van der Waals surface area contributed by atoms with Gasteiger partial charge in [-0.15, -0.1) is 0 Å². The standard InChI is InChI=1S/C14H11ClN2O4/c15-14-11(6-16-7-17-14)9-2-1-8(4-12(18)19)10(3-9)5-13(20)21/h1-3,6-7H,4-5H2,(H,18,19)(H,20,21). The largest absolute Gasteiger partial charge is 0.481 e. The van der Waals surface area contributed by atoms with Crippen molar-refractivity contribution in [1.82, 2.24) is 9.97 Å². The number of halogens is 1. The number of aliphatic carboxylic acids is 2. The lowest BCUT2D eigenvalue weighted by molar-refractivity contribution is -0.137. The second kappa shape index (κ2) is 6.32. The van der Waals surface area contributed by atoms with Crippen LogP contribution in [0.1, 0.15) is 11.1 Å². The molecule has 0 fully saturated rings. The van der Waals surface area contributed by atoms with E-state index in [1.54, 1.807) is 18.2 Å². The molecule has 108 valence electrons. The molecule has 7 heteroatoms. The fourth-order valence-corrected chi connectivity index (χ4v) is 2.17. The average molecular weight is 307 g/mol. The fraction of sp³-hybridized carbons (Fsp3) is 0.143. The molecular weight excluding hydrogens is 296 g/mol. The van der Waals surface area contributed by atoms with Crippen LogP contribution in [0, 0.1) is 0 Å². The zero-order chi connectivity index (χ0) is 15.4. The number of rotatable bonds is 5. The molecule has 0 radical (unpaired) electrons. The van der Waals surface area contributed by atoms with Crippen molar-refractivity contribution in [3.05, 3.63) is 47.0 Å². The van der Waals surface area contributed by atoms with Crippen molar-refractivity contribution in [1.29, 1.82) is 0 Å². The molecule has 2 rings (SSSR count). The second-order valence-corrected chi connectivity index (χ2v) is 4.71. The van der Waals surface area contributed by atoms with Gasteiger partial charge in [-0.25, -0.2) is 9.97 Å². The number of carboxylic acids is 2. The third-order valence-corrected chi connectivity index (χ3v) is 3.17. The Morgan fingerprint density at radius 3 is 2.38 bits per heavy atom. The summed E-state index contributed by atoms with van der Waals surface area (Å²) in [4.78, 5) is 29.5. The first-order valence-corrected chi connectivity index (χ1v) is 6.36. The fourth-order valence-electron chi connectivity index (χ4n) is 1.96. The minimum Gasteiger partial charge on any atom is -0.481 e. The predicted molar refractivity (Wildman–Crippen MR) is 75.2 cm³/mol. The molecule has 0 bridgehead atoms. The Morgan fingerprint density at radius 1 is 1.10 bits per heavy atom. The van der Waals surface area contributed by atoms with Crippen LogP contribution in [-0.2, 0) is 22.4 Å². The molecule has 0 amide bonds. The van der Waals surface area contributed by atoms with Crippen LogP contribution in [0.3, 0.4) is 0 Å². The number of nitrogens with zero attached hydrogens (tertiary/aromatic N) is 2. The molecule has 0 saturated carbocycles. The molecule has 2 N–H and O–H groups in total. The van der Waals surface area contributed by atoms with E-state index in [-0.39, 0.29) is 18.0 Å². The monoisotopic (exact) mass is 306 g/mol. The maximum atomic E-state index is 10.9. The van der Waals surface area contributed by atoms with Crippen LogP contribution in [-0.4, -0.2) is 32.1 Å². The summed E-state index contributed by atoms with van der Waals surface area (Å²) in [6.07, 6.45) is 2.33. The highest BCUT2D eigenvalue weighted by Crippen LogP contribution is 2.27. The Morgan fingerprint density at radius 2 is 1.76 bits per heavy atom. The van der Waals surface area contributed by atoms with E-state index in [4.69, 9.17) is 21.8 Å². The lowest BCUT2D eigenvalue weighted by Crippen LogP contribution is -2.08. The van der Waals surface area contributed by atoms with Gasteiger partial charge < -0.3 is 10.2 Å². The molecule has 0 unspecified atom stereocenters. The molecule has 21 heavy (non-hydrogen) atoms. The van der Waals surface area contributed by atoms with Crippen LogP contribution in [0.15, 0.2) is 30.7 Å². The molecular formula is C14H11ClN2O4. The molecule has 0 spiro atoms. The van der Waals surface area contributed by atoms with E-state index in [0.717, 1.165) is 0 Å². The van der Waals surface area contributed by atoms with Crippen LogP contribution in [0.25, 0.3) is 11.1 Å². The van der Waals surface area contributed by atoms with Crippen molar-refractivity contribution in [2.75, 3.05) is 0 Å². The highest BCUT2D eigenvalue weighted by Gasteiger charge is 2.13. The van der Waals surface area contributed by atoms with Gasteiger partial charge in [-0.2, -0.15) is 0 Å². The van der Waals surface area contributed by atoms with Gasteiger partial charge in [0.1, 0.15) is 11.5 Å². The topological polar surface area (TPSA) is 100 Å². The Hall–Kier alpha value is -2.47. The zero-order valence-electron chi connectivity index (χ0n) is 10.8. The summed E-state index contributed by atoms with van der Waals surface area (Å²) in [5.74, 6) is -2.05. The first-order valence-electron chi connectivity index (χ1n) is 5.98. The van der Waals surface area contributed by atoms with Crippen molar-refractivity contribution < 1.29 is 19.8 Å². The van der Waals surface area contributed by atoms with Crippen molar-refractivity contribution in [2.24, 2.45) is 0 Å². The summed E-state index contributed by atoms with van der Waals surface area (Å²) in [5, 5.41) is 18.1. The SMILES string of the molecule is O=C(O)Cc1ccc(-c2cncnc2Cl)cc1CC(=O)O. The van der Waals surface area contributed by atoms with E-state index in [2.05, 4.69) is 9.97 Å². The van der Waals surface area contributed by atoms with Crippen LogP contribution < -0.4 is 0 Å². The first-order chi connectivity index (χ1) is 9.97. The molecule has 0 atom stereocenters. The van der Waals surface area contributed by atoms with Gasteiger partial charge in [0.05, 0.1) is 12.8 Å². The molecule has 6 nitrogen and oxygen atoms in total. The lowest BCUT2D eigenvalue weighted by Gasteiger charge is -2.10. The summed E-state index contributed by atoms with van der Waals surface area (Å²) >= 11 is 5.98. The maximum absolute atomic E-state index is 10.9. The number of carbonyl (C=O) groups is 2. The maximum Gasteiger partial charge on any atom is 0.307 e. The van der Waals surface area contributed by atoms with Crippen LogP contribution in [0.2, 0.25) is 5.15 Å². The molecule has 1 aromatic carbocycles. The summed E-state index contributed by atoms with van der Waals surface area (Å²) in [7, 11) is 0. The number of hydrogen-bond acceptors (Lipinski definition) is 4. The van der Waals surface area contributed by atoms with Crippen LogP contribution in [0.4, 0.5) is 0 Å². The van der Waals surface area contributed by atoms with Gasteiger partial charge in [-0.3, -0.25) is 9.59 Å². The molecule has 0 aliphatic rings. The van der Waals surface area contributed by atoms with E-state index in [1.165, 1.54) is 12.5 Å². The van der Waals surface area contributed by atoms with Crippen molar-refractivity contribution >= 4 is 23.5 Å². The molecule has 0 aliphatic carbocycles. The van der Waals surface area contributed by atoms with Gasteiger partial charge in [0, 0.05) is 11.8 Å². The normalized spacial score (nSPS) is 10.3. The second-order valence-electron chi connectivity index (χ2n) is 4.35. The number of aromatic nitrogens is 2. The average Bonchev–Trinajstić information content (AvgIpc) is 2.40. The molecule has 1 aromatic heterocycles. The molecule has 0 saturated heterocycles. The minimum atomic E-state index is -1.03. The van der Waals surface area contributed by atoms with Gasteiger partial charge in [0.15, 0.2) is 0 Å². The van der Waals surface area contributed by atoms with E-state index in [9.17, 15) is 9.59 Å². The smallest absolute Gasteiger partial charge is 0.307 e. The summed E-state index contributed by atoms with van der Waals surface area (Å²) < 4.78 is 0. The van der Waals surface area contributed by atoms with E-state index in [1.807, 2.05) is 0 Å². The Labute approximate surface area is 125 Å². The van der Waals surface area contributed by atoms with Crippen molar-refractivity contribution in [3.8, 4) is 11.1 Å². The summed E-state index contributed by atoms with van der Waals surface area (Å²) in [5.41, 5.74) is 2.10. The predicted octanol–water partition coefficient (Wildman–Crippen LogP) is 2.05. The third-order valence-electron chi connectivity index (χ3n) is 2.86. The molecule has 1 heterocycles. The van der Waals surface area contributed by atoms with Crippen molar-refractivity contribution in [3.63, 3.8) is 0 Å². The van der Waals surface area contributed by atoms with Crippen molar-refractivity contribution in [2.45, 2.75) is 12.8 Å².